The third-order valence-electron chi connectivity index (χ3n) is 3.18. The highest BCUT2D eigenvalue weighted by molar-refractivity contribution is 5.94. The van der Waals surface area contributed by atoms with Crippen molar-refractivity contribution in [3.05, 3.63) is 29.8 Å². The lowest BCUT2D eigenvalue weighted by Gasteiger charge is -2.11. The topological polar surface area (TPSA) is 111 Å². The van der Waals surface area contributed by atoms with Gasteiger partial charge in [-0.2, -0.15) is 0 Å². The largest absolute Gasteiger partial charge is 0.468 e. The van der Waals surface area contributed by atoms with Crippen LogP contribution < -0.4 is 16.4 Å². The third kappa shape index (κ3) is 6.92. The zero-order valence-corrected chi connectivity index (χ0v) is 13.4. The Morgan fingerprint density at radius 2 is 1.87 bits per heavy atom. The van der Waals surface area contributed by atoms with Crippen LogP contribution in [0.15, 0.2) is 24.3 Å². The molecule has 0 saturated heterocycles. The lowest BCUT2D eigenvalue weighted by molar-refractivity contribution is -0.141. The molecule has 2 amide bonds. The molecule has 0 aliphatic rings. The summed E-state index contributed by atoms with van der Waals surface area (Å²) < 4.78 is 4.44. The molecule has 1 unspecified atom stereocenters. The van der Waals surface area contributed by atoms with Gasteiger partial charge in [-0.05, 0) is 24.1 Å². The molecule has 1 aromatic rings. The molecule has 0 saturated carbocycles. The van der Waals surface area contributed by atoms with Crippen molar-refractivity contribution in [3.63, 3.8) is 0 Å². The normalized spacial score (nSPS) is 11.4. The fraction of sp³-hybridized carbons (Fsp3) is 0.438. The summed E-state index contributed by atoms with van der Waals surface area (Å²) in [5, 5.41) is 5.19. The van der Waals surface area contributed by atoms with Gasteiger partial charge >= 0.3 is 5.97 Å². The Balaban J connectivity index is 2.48. The molecule has 1 aromatic carbocycles. The number of nitrogens with two attached hydrogens (primary N) is 1. The maximum absolute atomic E-state index is 11.8. The molecule has 0 aliphatic carbocycles. The van der Waals surface area contributed by atoms with E-state index in [1.54, 1.807) is 24.3 Å². The van der Waals surface area contributed by atoms with Crippen LogP contribution in [-0.4, -0.2) is 37.5 Å². The molecule has 7 heteroatoms. The van der Waals surface area contributed by atoms with E-state index in [4.69, 9.17) is 5.73 Å². The highest BCUT2D eigenvalue weighted by atomic mass is 16.5. The maximum Gasteiger partial charge on any atom is 0.325 e. The number of carbonyl (C=O) groups is 3. The van der Waals surface area contributed by atoms with Gasteiger partial charge in [0.15, 0.2) is 0 Å². The number of hydrogen-bond acceptors (Lipinski definition) is 5. The van der Waals surface area contributed by atoms with Gasteiger partial charge in [-0.1, -0.05) is 25.5 Å². The molecule has 1 rings (SSSR count). The molecule has 23 heavy (non-hydrogen) atoms. The number of anilines is 1. The van der Waals surface area contributed by atoms with Crippen molar-refractivity contribution < 1.29 is 19.1 Å². The second kappa shape index (κ2) is 9.58. The molecule has 1 atom stereocenters. The minimum atomic E-state index is -0.524. The van der Waals surface area contributed by atoms with E-state index in [9.17, 15) is 14.4 Å². The number of rotatable bonds is 8. The zero-order chi connectivity index (χ0) is 17.2. The average Bonchev–Trinajstić information content (AvgIpc) is 2.54. The first-order chi connectivity index (χ1) is 11.0. The van der Waals surface area contributed by atoms with E-state index >= 15 is 0 Å². The number of esters is 1. The molecule has 0 spiro atoms. The SMILES string of the molecule is CCCC(N)C(=O)Nc1ccc(CC(=O)NCC(=O)OC)cc1. The third-order valence-corrected chi connectivity index (χ3v) is 3.18. The van der Waals surface area contributed by atoms with E-state index in [0.29, 0.717) is 12.1 Å². The number of benzene rings is 1. The number of ether oxygens (including phenoxy) is 1. The van der Waals surface area contributed by atoms with Crippen molar-refractivity contribution in [2.24, 2.45) is 5.73 Å². The van der Waals surface area contributed by atoms with Crippen LogP contribution in [0.25, 0.3) is 0 Å². The molecule has 126 valence electrons. The van der Waals surface area contributed by atoms with Crippen molar-refractivity contribution in [2.45, 2.75) is 32.2 Å². The number of amides is 2. The number of carbonyl (C=O) groups excluding carboxylic acids is 3. The standard InChI is InChI=1S/C16H23N3O4/c1-3-4-13(17)16(22)19-12-7-5-11(6-8-12)9-14(20)18-10-15(21)23-2/h5-8,13H,3-4,9-10,17H2,1-2H3,(H,18,20)(H,19,22). The number of methoxy groups -OCH3 is 1. The highest BCUT2D eigenvalue weighted by Crippen LogP contribution is 2.11. The lowest BCUT2D eigenvalue weighted by Crippen LogP contribution is -2.35. The summed E-state index contributed by atoms with van der Waals surface area (Å²) in [7, 11) is 1.26. The van der Waals surface area contributed by atoms with Gasteiger partial charge in [-0.15, -0.1) is 0 Å². The van der Waals surface area contributed by atoms with Crippen molar-refractivity contribution in [1.29, 1.82) is 0 Å². The second-order valence-electron chi connectivity index (χ2n) is 5.11. The van der Waals surface area contributed by atoms with E-state index in [2.05, 4.69) is 15.4 Å². The number of nitrogens with one attached hydrogen (secondary N) is 2. The predicted molar refractivity (Wildman–Crippen MR) is 86.7 cm³/mol. The van der Waals surface area contributed by atoms with Gasteiger partial charge in [0.25, 0.3) is 0 Å². The number of hydrogen-bond donors (Lipinski definition) is 3. The van der Waals surface area contributed by atoms with Crippen LogP contribution in [0.2, 0.25) is 0 Å². The summed E-state index contributed by atoms with van der Waals surface area (Å²) in [5.74, 6) is -1.01. The van der Waals surface area contributed by atoms with Crippen LogP contribution >= 0.6 is 0 Å². The maximum atomic E-state index is 11.8. The molecule has 0 bridgehead atoms. The summed E-state index contributed by atoms with van der Waals surface area (Å²) in [6.45, 7) is 1.81. The fourth-order valence-electron chi connectivity index (χ4n) is 1.87. The van der Waals surface area contributed by atoms with Crippen molar-refractivity contribution in [3.8, 4) is 0 Å². The minimum Gasteiger partial charge on any atom is -0.468 e. The van der Waals surface area contributed by atoms with Crippen LogP contribution in [0.3, 0.4) is 0 Å². The lowest BCUT2D eigenvalue weighted by atomic mass is 10.1. The van der Waals surface area contributed by atoms with Gasteiger partial charge in [-0.25, -0.2) is 0 Å². The first kappa shape index (κ1) is 18.6. The van der Waals surface area contributed by atoms with Gasteiger partial charge < -0.3 is 21.1 Å². The van der Waals surface area contributed by atoms with Crippen LogP contribution in [0.4, 0.5) is 5.69 Å². The monoisotopic (exact) mass is 321 g/mol. The van der Waals surface area contributed by atoms with Gasteiger partial charge in [-0.3, -0.25) is 14.4 Å². The smallest absolute Gasteiger partial charge is 0.325 e. The first-order valence-electron chi connectivity index (χ1n) is 7.45. The molecule has 0 heterocycles. The highest BCUT2D eigenvalue weighted by Gasteiger charge is 2.12. The van der Waals surface area contributed by atoms with Gasteiger partial charge in [0.1, 0.15) is 6.54 Å². The minimum absolute atomic E-state index is 0.139. The van der Waals surface area contributed by atoms with Crippen LogP contribution in [0.1, 0.15) is 25.3 Å². The molecular formula is C16H23N3O4. The predicted octanol–water partition coefficient (Wildman–Crippen LogP) is 0.584. The van der Waals surface area contributed by atoms with Crippen LogP contribution in [-0.2, 0) is 25.5 Å². The summed E-state index contributed by atoms with van der Waals surface area (Å²) in [6.07, 6.45) is 1.61. The van der Waals surface area contributed by atoms with E-state index in [1.165, 1.54) is 7.11 Å². The fourth-order valence-corrected chi connectivity index (χ4v) is 1.87. The molecule has 0 radical (unpaired) electrons. The first-order valence-corrected chi connectivity index (χ1v) is 7.45. The summed E-state index contributed by atoms with van der Waals surface area (Å²) in [6, 6.07) is 6.36. The van der Waals surface area contributed by atoms with Crippen molar-refractivity contribution in [1.82, 2.24) is 5.32 Å². The van der Waals surface area contributed by atoms with Crippen molar-refractivity contribution >= 4 is 23.5 Å². The Kier molecular flexibility index (Phi) is 7.76. The molecule has 7 nitrogen and oxygen atoms in total. The van der Waals surface area contributed by atoms with Crippen LogP contribution in [0.5, 0.6) is 0 Å². The molecule has 4 N–H and O–H groups in total. The van der Waals surface area contributed by atoms with E-state index in [1.807, 2.05) is 6.92 Å². The van der Waals surface area contributed by atoms with Gasteiger partial charge in [0.05, 0.1) is 19.6 Å². The molecular weight excluding hydrogens is 298 g/mol. The average molecular weight is 321 g/mol. The Bertz CT molecular complexity index is 543. The summed E-state index contributed by atoms with van der Waals surface area (Å²) in [4.78, 5) is 34.4. The summed E-state index contributed by atoms with van der Waals surface area (Å²) >= 11 is 0. The van der Waals surface area contributed by atoms with Crippen molar-refractivity contribution in [2.75, 3.05) is 19.0 Å². The Morgan fingerprint density at radius 3 is 2.43 bits per heavy atom. The van der Waals surface area contributed by atoms with Gasteiger partial charge in [0, 0.05) is 5.69 Å². The molecule has 0 fully saturated rings. The Hall–Kier alpha value is -2.41. The van der Waals surface area contributed by atoms with E-state index in [0.717, 1.165) is 12.0 Å². The zero-order valence-electron chi connectivity index (χ0n) is 13.4. The van der Waals surface area contributed by atoms with E-state index in [-0.39, 0.29) is 24.8 Å². The summed E-state index contributed by atoms with van der Waals surface area (Å²) in [5.41, 5.74) is 7.13. The van der Waals surface area contributed by atoms with Crippen LogP contribution in [0, 0.1) is 0 Å². The second-order valence-corrected chi connectivity index (χ2v) is 5.11. The molecule has 0 aliphatic heterocycles. The van der Waals surface area contributed by atoms with Gasteiger partial charge in [0.2, 0.25) is 11.8 Å². The Labute approximate surface area is 135 Å². The Morgan fingerprint density at radius 1 is 1.22 bits per heavy atom. The van der Waals surface area contributed by atoms with E-state index < -0.39 is 12.0 Å². The quantitative estimate of drug-likeness (QED) is 0.607. The molecule has 0 aromatic heterocycles.